The van der Waals surface area contributed by atoms with Gasteiger partial charge in [0.2, 0.25) is 15.9 Å². The summed E-state index contributed by atoms with van der Waals surface area (Å²) in [5.74, 6) is -0.356. The molecule has 4 amide bonds. The molecule has 0 bridgehead atoms. The molecule has 0 unspecified atom stereocenters. The highest BCUT2D eigenvalue weighted by atomic mass is 32.2. The lowest BCUT2D eigenvalue weighted by Gasteiger charge is -2.30. The van der Waals surface area contributed by atoms with E-state index in [0.29, 0.717) is 17.0 Å². The lowest BCUT2D eigenvalue weighted by Crippen LogP contribution is -2.49. The first-order valence-electron chi connectivity index (χ1n) is 10.4. The van der Waals surface area contributed by atoms with Crippen LogP contribution < -0.4 is 25.0 Å². The summed E-state index contributed by atoms with van der Waals surface area (Å²) >= 11 is 0. The van der Waals surface area contributed by atoms with Crippen LogP contribution in [0.2, 0.25) is 0 Å². The van der Waals surface area contributed by atoms with E-state index in [0.717, 1.165) is 6.26 Å². The number of methoxy groups -OCH3 is 1. The minimum atomic E-state index is -3.46. The van der Waals surface area contributed by atoms with Gasteiger partial charge in [0.15, 0.2) is 0 Å². The number of nitrogens with zero attached hydrogens (tertiary/aromatic N) is 2. The summed E-state index contributed by atoms with van der Waals surface area (Å²) in [6.45, 7) is 6.03. The van der Waals surface area contributed by atoms with Crippen molar-refractivity contribution in [1.29, 1.82) is 0 Å². The molecule has 1 fully saturated rings. The van der Waals surface area contributed by atoms with Crippen molar-refractivity contribution in [3.63, 3.8) is 0 Å². The molecule has 11 nitrogen and oxygen atoms in total. The lowest BCUT2D eigenvalue weighted by molar-refractivity contribution is -0.120. The monoisotopic (exact) mass is 489 g/mol. The lowest BCUT2D eigenvalue weighted by atomic mass is 9.84. The number of sulfonamides is 1. The summed E-state index contributed by atoms with van der Waals surface area (Å²) in [5, 5.41) is 4.95. The van der Waals surface area contributed by atoms with E-state index in [2.05, 4.69) is 20.3 Å². The molecule has 1 aromatic carbocycles. The maximum absolute atomic E-state index is 13.2. The van der Waals surface area contributed by atoms with Crippen LogP contribution in [0.3, 0.4) is 0 Å². The topological polar surface area (TPSA) is 147 Å². The fourth-order valence-electron chi connectivity index (χ4n) is 3.45. The number of urea groups is 1. The number of imide groups is 1. The molecule has 12 heteroatoms. The van der Waals surface area contributed by atoms with Crippen LogP contribution in [0.15, 0.2) is 30.5 Å². The average molecular weight is 490 g/mol. The van der Waals surface area contributed by atoms with Crippen LogP contribution >= 0.6 is 0 Å². The Kier molecular flexibility index (Phi) is 6.82. The van der Waals surface area contributed by atoms with Crippen molar-refractivity contribution in [2.75, 3.05) is 34.8 Å². The maximum Gasteiger partial charge on any atom is 0.328 e. The van der Waals surface area contributed by atoms with Gasteiger partial charge in [-0.3, -0.25) is 24.5 Å². The van der Waals surface area contributed by atoms with E-state index in [-0.39, 0.29) is 35.9 Å². The number of carbonyl (C=O) groups excluding carboxylic acids is 3. The summed E-state index contributed by atoms with van der Waals surface area (Å²) in [5.41, 5.74) is 1.13. The van der Waals surface area contributed by atoms with Crippen molar-refractivity contribution in [2.45, 2.75) is 32.6 Å². The first-order valence-corrected chi connectivity index (χ1v) is 12.3. The number of hydrogen-bond donors (Lipinski definition) is 3. The fourth-order valence-corrected chi connectivity index (χ4v) is 4.00. The summed E-state index contributed by atoms with van der Waals surface area (Å²) in [6.07, 6.45) is 2.44. The van der Waals surface area contributed by atoms with Crippen LogP contribution in [-0.2, 0) is 20.2 Å². The van der Waals surface area contributed by atoms with Gasteiger partial charge >= 0.3 is 6.03 Å². The highest BCUT2D eigenvalue weighted by Crippen LogP contribution is 2.38. The summed E-state index contributed by atoms with van der Waals surface area (Å²) < 4.78 is 30.6. The van der Waals surface area contributed by atoms with Gasteiger partial charge in [-0.05, 0) is 29.7 Å². The van der Waals surface area contributed by atoms with Crippen LogP contribution in [0.4, 0.5) is 22.0 Å². The van der Waals surface area contributed by atoms with E-state index in [1.54, 1.807) is 6.07 Å². The fraction of sp³-hybridized carbons (Fsp3) is 0.364. The van der Waals surface area contributed by atoms with Gasteiger partial charge in [0, 0.05) is 24.2 Å². The molecule has 1 aromatic heterocycles. The summed E-state index contributed by atoms with van der Waals surface area (Å²) in [4.78, 5) is 42.7. The van der Waals surface area contributed by atoms with Crippen molar-refractivity contribution in [3.05, 3.63) is 41.6 Å². The smallest absolute Gasteiger partial charge is 0.328 e. The van der Waals surface area contributed by atoms with Gasteiger partial charge in [-0.2, -0.15) is 0 Å². The normalized spacial score (nSPS) is 14.4. The Morgan fingerprint density at radius 3 is 2.44 bits per heavy atom. The third kappa shape index (κ3) is 5.81. The van der Waals surface area contributed by atoms with Gasteiger partial charge in [0.25, 0.3) is 5.91 Å². The van der Waals surface area contributed by atoms with Crippen molar-refractivity contribution in [1.82, 2.24) is 10.3 Å². The SMILES string of the molecule is COc1c(C(=O)Nc2ccc(NS(C)(=O)=O)cn2)cc(N2CCC(=O)NC2=O)cc1C(C)(C)C. The Bertz CT molecular complexity index is 1240. The number of hydrogen-bond acceptors (Lipinski definition) is 7. The summed E-state index contributed by atoms with van der Waals surface area (Å²) in [6, 6.07) is 5.65. The zero-order valence-electron chi connectivity index (χ0n) is 19.6. The Labute approximate surface area is 197 Å². The van der Waals surface area contributed by atoms with Crippen LogP contribution in [-0.4, -0.2) is 51.2 Å². The Balaban J connectivity index is 1.99. The van der Waals surface area contributed by atoms with Crippen molar-refractivity contribution >= 4 is 45.1 Å². The highest BCUT2D eigenvalue weighted by molar-refractivity contribution is 7.92. The van der Waals surface area contributed by atoms with Crippen LogP contribution in [0.5, 0.6) is 5.75 Å². The van der Waals surface area contributed by atoms with Crippen LogP contribution in [0.1, 0.15) is 43.1 Å². The number of aromatic nitrogens is 1. The van der Waals surface area contributed by atoms with Gasteiger partial charge in [-0.25, -0.2) is 18.2 Å². The van der Waals surface area contributed by atoms with E-state index >= 15 is 0 Å². The van der Waals surface area contributed by atoms with E-state index in [1.165, 1.54) is 36.4 Å². The third-order valence-corrected chi connectivity index (χ3v) is 5.61. The number of rotatable bonds is 6. The Hall–Kier alpha value is -3.67. The van der Waals surface area contributed by atoms with Crippen LogP contribution in [0, 0.1) is 0 Å². The zero-order valence-corrected chi connectivity index (χ0v) is 20.4. The number of nitrogens with one attached hydrogen (secondary N) is 3. The first kappa shape index (κ1) is 25.0. The minimum absolute atomic E-state index is 0.141. The van der Waals surface area contributed by atoms with E-state index in [1.807, 2.05) is 20.8 Å². The maximum atomic E-state index is 13.2. The molecule has 3 rings (SSSR count). The molecule has 1 saturated heterocycles. The molecule has 0 radical (unpaired) electrons. The third-order valence-electron chi connectivity index (χ3n) is 5.00. The quantitative estimate of drug-likeness (QED) is 0.565. The van der Waals surface area contributed by atoms with E-state index < -0.39 is 27.4 Å². The van der Waals surface area contributed by atoms with Gasteiger partial charge < -0.3 is 10.1 Å². The second kappa shape index (κ2) is 9.29. The van der Waals surface area contributed by atoms with Crippen LogP contribution in [0.25, 0.3) is 0 Å². The predicted molar refractivity (Wildman–Crippen MR) is 128 cm³/mol. The number of ether oxygens (including phenoxy) is 1. The number of amides is 4. The van der Waals surface area contributed by atoms with E-state index in [9.17, 15) is 22.8 Å². The largest absolute Gasteiger partial charge is 0.496 e. The molecule has 1 aliphatic rings. The number of anilines is 3. The Morgan fingerprint density at radius 1 is 1.21 bits per heavy atom. The Morgan fingerprint density at radius 2 is 1.91 bits per heavy atom. The van der Waals surface area contributed by atoms with Gasteiger partial charge in [-0.1, -0.05) is 20.8 Å². The molecule has 2 aromatic rings. The molecule has 0 saturated carbocycles. The van der Waals surface area contributed by atoms with E-state index in [4.69, 9.17) is 4.74 Å². The molecule has 2 heterocycles. The molecule has 34 heavy (non-hydrogen) atoms. The number of benzene rings is 1. The second-order valence-electron chi connectivity index (χ2n) is 8.84. The highest BCUT2D eigenvalue weighted by Gasteiger charge is 2.30. The zero-order chi connectivity index (χ0) is 25.3. The average Bonchev–Trinajstić information content (AvgIpc) is 2.72. The molecule has 3 N–H and O–H groups in total. The molecule has 0 aliphatic carbocycles. The molecule has 0 atom stereocenters. The van der Waals surface area contributed by atoms with Gasteiger partial charge in [0.1, 0.15) is 11.6 Å². The van der Waals surface area contributed by atoms with Crippen molar-refractivity contribution < 1.29 is 27.5 Å². The number of pyridine rings is 1. The van der Waals surface area contributed by atoms with Crippen molar-refractivity contribution in [2.24, 2.45) is 0 Å². The van der Waals surface area contributed by atoms with Crippen molar-refractivity contribution in [3.8, 4) is 5.75 Å². The molecular formula is C22H27N5O6S. The molecule has 0 spiro atoms. The molecule has 1 aliphatic heterocycles. The van der Waals surface area contributed by atoms with Gasteiger partial charge in [0.05, 0.1) is 30.8 Å². The standard InChI is InChI=1S/C22H27N5O6S/c1-22(2,3)16-11-14(27-9-8-18(28)25-21(27)30)10-15(19(16)33-4)20(29)24-17-7-6-13(12-23-17)26-34(5,31)32/h6-7,10-12,26H,8-9H2,1-5H3,(H,23,24,29)(H,25,28,30). The predicted octanol–water partition coefficient (Wildman–Crippen LogP) is 2.46. The molecular weight excluding hydrogens is 462 g/mol. The second-order valence-corrected chi connectivity index (χ2v) is 10.6. The molecule has 182 valence electrons. The summed E-state index contributed by atoms with van der Waals surface area (Å²) in [7, 11) is -2.00. The number of carbonyl (C=O) groups is 3. The minimum Gasteiger partial charge on any atom is -0.496 e. The first-order chi connectivity index (χ1) is 15.8. The van der Waals surface area contributed by atoms with Gasteiger partial charge in [-0.15, -0.1) is 0 Å².